The van der Waals surface area contributed by atoms with Crippen LogP contribution in [0.5, 0.6) is 0 Å². The molecule has 0 radical (unpaired) electrons. The van der Waals surface area contributed by atoms with Crippen molar-refractivity contribution in [3.05, 3.63) is 36.3 Å². The lowest BCUT2D eigenvalue weighted by atomic mass is 9.77. The van der Waals surface area contributed by atoms with E-state index in [0.29, 0.717) is 19.7 Å². The van der Waals surface area contributed by atoms with Crippen molar-refractivity contribution in [3.8, 4) is 0 Å². The molecule has 2 fully saturated rings. The van der Waals surface area contributed by atoms with Crippen LogP contribution in [0.15, 0.2) is 35.0 Å². The van der Waals surface area contributed by atoms with E-state index in [4.69, 9.17) is 13.9 Å². The van der Waals surface area contributed by atoms with Crippen LogP contribution in [0.4, 0.5) is 0 Å². The number of hydrogen-bond donors (Lipinski definition) is 0. The smallest absolute Gasteiger partial charge is 0.312 e. The summed E-state index contributed by atoms with van der Waals surface area (Å²) in [5, 5.41) is 0. The first kappa shape index (κ1) is 15.4. The zero-order chi connectivity index (χ0) is 16.7. The van der Waals surface area contributed by atoms with E-state index in [1.54, 1.807) is 17.2 Å². The highest BCUT2D eigenvalue weighted by Crippen LogP contribution is 2.52. The summed E-state index contributed by atoms with van der Waals surface area (Å²) in [7, 11) is 0. The van der Waals surface area contributed by atoms with Crippen molar-refractivity contribution in [2.45, 2.75) is 38.0 Å². The summed E-state index contributed by atoms with van der Waals surface area (Å²) >= 11 is 0. The summed E-state index contributed by atoms with van der Waals surface area (Å²) in [6.07, 6.45) is 6.86. The number of ether oxygens (including phenoxy) is 2. The van der Waals surface area contributed by atoms with Crippen LogP contribution < -0.4 is 0 Å². The van der Waals surface area contributed by atoms with Gasteiger partial charge in [-0.3, -0.25) is 9.59 Å². The second kappa shape index (κ2) is 5.77. The standard InChI is InChI=1S/C18H21NO5/c1-2-3-8-23-17(21)14-13-6-7-18(24-13)11-19(16(20)15(14)18)10-12-5-4-9-22-12/h4-7,9,13-15H,2-3,8,10-11H2,1H3/t13-,14+,15+,18-/m1/s1. The maximum absolute atomic E-state index is 12.9. The average molecular weight is 331 g/mol. The van der Waals surface area contributed by atoms with Gasteiger partial charge in [0.1, 0.15) is 17.3 Å². The molecule has 2 saturated heterocycles. The van der Waals surface area contributed by atoms with E-state index >= 15 is 0 Å². The molecule has 4 rings (SSSR count). The Balaban J connectivity index is 1.52. The molecule has 1 aromatic heterocycles. The third-order valence-corrected chi connectivity index (χ3v) is 5.12. The number of carbonyl (C=O) groups excluding carboxylic acids is 2. The second-order valence-electron chi connectivity index (χ2n) is 6.69. The molecule has 1 amide bonds. The Morgan fingerprint density at radius 3 is 3.12 bits per heavy atom. The number of likely N-dealkylation sites (tertiary alicyclic amines) is 1. The molecular formula is C18H21NO5. The topological polar surface area (TPSA) is 69.0 Å². The largest absolute Gasteiger partial charge is 0.467 e. The predicted octanol–water partition coefficient (Wildman–Crippen LogP) is 1.90. The molecule has 128 valence electrons. The minimum Gasteiger partial charge on any atom is -0.467 e. The Labute approximate surface area is 140 Å². The first-order chi connectivity index (χ1) is 11.6. The van der Waals surface area contributed by atoms with Crippen LogP contribution in [0, 0.1) is 11.8 Å². The molecule has 3 aliphatic rings. The van der Waals surface area contributed by atoms with Crippen LogP contribution in [0.2, 0.25) is 0 Å². The molecule has 0 aliphatic carbocycles. The highest BCUT2D eigenvalue weighted by atomic mass is 16.6. The van der Waals surface area contributed by atoms with E-state index in [1.165, 1.54) is 0 Å². The summed E-state index contributed by atoms with van der Waals surface area (Å²) < 4.78 is 16.7. The van der Waals surface area contributed by atoms with E-state index in [0.717, 1.165) is 18.6 Å². The normalized spacial score (nSPS) is 33.3. The van der Waals surface area contributed by atoms with Crippen molar-refractivity contribution in [1.29, 1.82) is 0 Å². The van der Waals surface area contributed by atoms with Crippen LogP contribution in [-0.4, -0.2) is 41.6 Å². The summed E-state index contributed by atoms with van der Waals surface area (Å²) in [6, 6.07) is 3.63. The number of furan rings is 1. The molecule has 6 nitrogen and oxygen atoms in total. The third kappa shape index (κ3) is 2.28. The maximum atomic E-state index is 12.9. The van der Waals surface area contributed by atoms with Crippen LogP contribution >= 0.6 is 0 Å². The SMILES string of the molecule is CCCCOC(=O)[C@@H]1[C@H]2C(=O)N(Cc3ccco3)C[C@]23C=C[C@H]1O3. The fourth-order valence-corrected chi connectivity index (χ4v) is 3.99. The molecule has 1 aromatic rings. The number of unbranched alkanes of at least 4 members (excludes halogenated alkanes) is 1. The zero-order valence-corrected chi connectivity index (χ0v) is 13.6. The first-order valence-corrected chi connectivity index (χ1v) is 8.49. The van der Waals surface area contributed by atoms with Gasteiger partial charge in [-0.1, -0.05) is 25.5 Å². The average Bonchev–Trinajstić information content (AvgIpc) is 3.31. The van der Waals surface area contributed by atoms with Gasteiger partial charge >= 0.3 is 5.97 Å². The van der Waals surface area contributed by atoms with Gasteiger partial charge in [-0.15, -0.1) is 0 Å². The summed E-state index contributed by atoms with van der Waals surface area (Å²) in [5.41, 5.74) is -0.692. The predicted molar refractivity (Wildman–Crippen MR) is 83.7 cm³/mol. The lowest BCUT2D eigenvalue weighted by Crippen LogP contribution is -2.40. The molecule has 0 N–H and O–H groups in total. The third-order valence-electron chi connectivity index (χ3n) is 5.12. The van der Waals surface area contributed by atoms with Crippen molar-refractivity contribution in [1.82, 2.24) is 4.90 Å². The summed E-state index contributed by atoms with van der Waals surface area (Å²) in [4.78, 5) is 27.1. The Bertz CT molecular complexity index is 667. The monoisotopic (exact) mass is 331 g/mol. The molecule has 1 spiro atoms. The number of esters is 1. The fraction of sp³-hybridized carbons (Fsp3) is 0.556. The Hall–Kier alpha value is -2.08. The van der Waals surface area contributed by atoms with E-state index < -0.39 is 17.4 Å². The van der Waals surface area contributed by atoms with Crippen molar-refractivity contribution in [3.63, 3.8) is 0 Å². The van der Waals surface area contributed by atoms with E-state index in [-0.39, 0.29) is 18.0 Å². The molecular weight excluding hydrogens is 310 g/mol. The summed E-state index contributed by atoms with van der Waals surface area (Å²) in [5.74, 6) is -0.688. The van der Waals surface area contributed by atoms with Gasteiger partial charge in [0.25, 0.3) is 0 Å². The van der Waals surface area contributed by atoms with Gasteiger partial charge in [0, 0.05) is 0 Å². The van der Waals surface area contributed by atoms with Gasteiger partial charge in [-0.2, -0.15) is 0 Å². The molecule has 2 bridgehead atoms. The number of rotatable bonds is 6. The molecule has 0 unspecified atom stereocenters. The van der Waals surface area contributed by atoms with Gasteiger partial charge < -0.3 is 18.8 Å². The van der Waals surface area contributed by atoms with Crippen LogP contribution in [0.1, 0.15) is 25.5 Å². The van der Waals surface area contributed by atoms with Crippen molar-refractivity contribution < 1.29 is 23.5 Å². The minimum absolute atomic E-state index is 0.0595. The zero-order valence-electron chi connectivity index (χ0n) is 13.6. The lowest BCUT2D eigenvalue weighted by molar-refractivity contribution is -0.154. The lowest BCUT2D eigenvalue weighted by Gasteiger charge is -2.22. The molecule has 6 heteroatoms. The number of nitrogens with zero attached hydrogens (tertiary/aromatic N) is 1. The minimum atomic E-state index is -0.692. The van der Waals surface area contributed by atoms with E-state index in [9.17, 15) is 9.59 Å². The molecule has 24 heavy (non-hydrogen) atoms. The Kier molecular flexibility index (Phi) is 3.72. The van der Waals surface area contributed by atoms with Gasteiger partial charge in [0.15, 0.2) is 0 Å². The fourth-order valence-electron chi connectivity index (χ4n) is 3.99. The molecule has 4 heterocycles. The van der Waals surface area contributed by atoms with Gasteiger partial charge in [0.05, 0.1) is 38.0 Å². The molecule has 4 atom stereocenters. The number of amides is 1. The van der Waals surface area contributed by atoms with Gasteiger partial charge in [-0.05, 0) is 18.6 Å². The molecule has 0 aromatic carbocycles. The quantitative estimate of drug-likeness (QED) is 0.452. The maximum Gasteiger partial charge on any atom is 0.312 e. The highest BCUT2D eigenvalue weighted by Gasteiger charge is 2.67. The number of carbonyl (C=O) groups is 2. The first-order valence-electron chi connectivity index (χ1n) is 8.49. The van der Waals surface area contributed by atoms with Gasteiger partial charge in [-0.25, -0.2) is 0 Å². The van der Waals surface area contributed by atoms with Crippen LogP contribution in [0.25, 0.3) is 0 Å². The van der Waals surface area contributed by atoms with Crippen molar-refractivity contribution >= 4 is 11.9 Å². The second-order valence-corrected chi connectivity index (χ2v) is 6.69. The Morgan fingerprint density at radius 1 is 1.50 bits per heavy atom. The molecule has 0 saturated carbocycles. The van der Waals surface area contributed by atoms with Crippen LogP contribution in [-0.2, 0) is 25.6 Å². The van der Waals surface area contributed by atoms with E-state index in [2.05, 4.69) is 0 Å². The van der Waals surface area contributed by atoms with Gasteiger partial charge in [0.2, 0.25) is 5.91 Å². The van der Waals surface area contributed by atoms with Crippen molar-refractivity contribution in [2.24, 2.45) is 11.8 Å². The highest BCUT2D eigenvalue weighted by molar-refractivity contribution is 5.91. The number of fused-ring (bicyclic) bond motifs is 1. The summed E-state index contributed by atoms with van der Waals surface area (Å²) in [6.45, 7) is 3.28. The molecule has 3 aliphatic heterocycles. The number of hydrogen-bond acceptors (Lipinski definition) is 5. The van der Waals surface area contributed by atoms with Crippen molar-refractivity contribution in [2.75, 3.05) is 13.2 Å². The van der Waals surface area contributed by atoms with Crippen LogP contribution in [0.3, 0.4) is 0 Å². The van der Waals surface area contributed by atoms with E-state index in [1.807, 2.05) is 25.1 Å². The Morgan fingerprint density at radius 2 is 2.38 bits per heavy atom.